The SMILES string of the molecule is CCCC(C)OCCC(C)(C)NC(=O)COCC(=O)O. The number of rotatable bonds is 11. The van der Waals surface area contributed by atoms with Crippen molar-refractivity contribution in [3.8, 4) is 0 Å². The van der Waals surface area contributed by atoms with E-state index in [-0.39, 0.29) is 18.6 Å². The van der Waals surface area contributed by atoms with Crippen LogP contribution in [0.4, 0.5) is 0 Å². The topological polar surface area (TPSA) is 84.9 Å². The predicted molar refractivity (Wildman–Crippen MR) is 75.6 cm³/mol. The Kier molecular flexibility index (Phi) is 9.16. The van der Waals surface area contributed by atoms with Gasteiger partial charge in [0.15, 0.2) is 0 Å². The summed E-state index contributed by atoms with van der Waals surface area (Å²) in [5, 5.41) is 11.2. The number of carboxylic acid groups (broad SMARTS) is 1. The molecule has 0 aliphatic heterocycles. The van der Waals surface area contributed by atoms with Gasteiger partial charge in [0, 0.05) is 12.1 Å². The van der Waals surface area contributed by atoms with Crippen LogP contribution in [0.15, 0.2) is 0 Å². The molecule has 20 heavy (non-hydrogen) atoms. The highest BCUT2D eigenvalue weighted by molar-refractivity contribution is 5.78. The molecule has 0 spiro atoms. The molecule has 0 bridgehead atoms. The van der Waals surface area contributed by atoms with E-state index in [4.69, 9.17) is 14.6 Å². The van der Waals surface area contributed by atoms with Gasteiger partial charge in [-0.05, 0) is 33.6 Å². The summed E-state index contributed by atoms with van der Waals surface area (Å²) in [6.45, 7) is 7.81. The summed E-state index contributed by atoms with van der Waals surface area (Å²) in [7, 11) is 0. The van der Waals surface area contributed by atoms with Crippen LogP contribution < -0.4 is 5.32 Å². The molecule has 6 heteroatoms. The summed E-state index contributed by atoms with van der Waals surface area (Å²) in [6.07, 6.45) is 3.02. The molecule has 1 amide bonds. The maximum Gasteiger partial charge on any atom is 0.329 e. The maximum absolute atomic E-state index is 11.6. The first kappa shape index (κ1) is 18.9. The number of ether oxygens (including phenoxy) is 2. The van der Waals surface area contributed by atoms with E-state index in [0.29, 0.717) is 13.0 Å². The van der Waals surface area contributed by atoms with Gasteiger partial charge in [-0.25, -0.2) is 4.79 Å². The molecule has 0 aromatic rings. The number of hydrogen-bond donors (Lipinski definition) is 2. The minimum Gasteiger partial charge on any atom is -0.480 e. The van der Waals surface area contributed by atoms with Crippen LogP contribution in [0.25, 0.3) is 0 Å². The third kappa shape index (κ3) is 10.8. The third-order valence-electron chi connectivity index (χ3n) is 2.76. The van der Waals surface area contributed by atoms with Crippen LogP contribution in [0.1, 0.15) is 47.0 Å². The molecule has 1 unspecified atom stereocenters. The summed E-state index contributed by atoms with van der Waals surface area (Å²) in [5.41, 5.74) is -0.407. The fraction of sp³-hybridized carbons (Fsp3) is 0.857. The van der Waals surface area contributed by atoms with E-state index in [0.717, 1.165) is 12.8 Å². The molecule has 0 aliphatic carbocycles. The highest BCUT2D eigenvalue weighted by Gasteiger charge is 2.20. The lowest BCUT2D eigenvalue weighted by Crippen LogP contribution is -2.46. The fourth-order valence-electron chi connectivity index (χ4n) is 1.71. The predicted octanol–water partition coefficient (Wildman–Crippen LogP) is 1.58. The lowest BCUT2D eigenvalue weighted by atomic mass is 10.0. The average molecular weight is 289 g/mol. The van der Waals surface area contributed by atoms with Gasteiger partial charge in [0.1, 0.15) is 13.2 Å². The molecule has 0 aromatic heterocycles. The smallest absolute Gasteiger partial charge is 0.329 e. The van der Waals surface area contributed by atoms with Crippen LogP contribution in [0.3, 0.4) is 0 Å². The van der Waals surface area contributed by atoms with Gasteiger partial charge in [0.2, 0.25) is 5.91 Å². The highest BCUT2D eigenvalue weighted by atomic mass is 16.5. The van der Waals surface area contributed by atoms with Crippen LogP contribution in [-0.2, 0) is 19.1 Å². The van der Waals surface area contributed by atoms with Crippen LogP contribution in [-0.4, -0.2) is 48.4 Å². The van der Waals surface area contributed by atoms with E-state index in [2.05, 4.69) is 12.2 Å². The fourth-order valence-corrected chi connectivity index (χ4v) is 1.71. The first-order valence-corrected chi connectivity index (χ1v) is 6.99. The number of amides is 1. The van der Waals surface area contributed by atoms with Crippen molar-refractivity contribution in [2.24, 2.45) is 0 Å². The molecule has 6 nitrogen and oxygen atoms in total. The Balaban J connectivity index is 3.87. The maximum atomic E-state index is 11.6. The van der Waals surface area contributed by atoms with Crippen molar-refractivity contribution in [2.45, 2.75) is 58.6 Å². The molecule has 0 aromatic carbocycles. The van der Waals surface area contributed by atoms with E-state index >= 15 is 0 Å². The third-order valence-corrected chi connectivity index (χ3v) is 2.76. The van der Waals surface area contributed by atoms with Gasteiger partial charge in [-0.1, -0.05) is 13.3 Å². The molecular weight excluding hydrogens is 262 g/mol. The van der Waals surface area contributed by atoms with E-state index in [1.807, 2.05) is 20.8 Å². The van der Waals surface area contributed by atoms with Crippen LogP contribution >= 0.6 is 0 Å². The first-order chi connectivity index (χ1) is 9.26. The lowest BCUT2D eigenvalue weighted by molar-refractivity contribution is -0.143. The first-order valence-electron chi connectivity index (χ1n) is 6.99. The lowest BCUT2D eigenvalue weighted by Gasteiger charge is -2.27. The van der Waals surface area contributed by atoms with E-state index in [1.165, 1.54) is 0 Å². The largest absolute Gasteiger partial charge is 0.480 e. The summed E-state index contributed by atoms with van der Waals surface area (Å²) >= 11 is 0. The molecule has 0 aliphatic rings. The van der Waals surface area contributed by atoms with Crippen molar-refractivity contribution in [3.63, 3.8) is 0 Å². The Morgan fingerprint density at radius 3 is 2.50 bits per heavy atom. The summed E-state index contributed by atoms with van der Waals surface area (Å²) in [5.74, 6) is -1.41. The van der Waals surface area contributed by atoms with Crippen LogP contribution in [0.5, 0.6) is 0 Å². The average Bonchev–Trinajstić information content (AvgIpc) is 2.27. The van der Waals surface area contributed by atoms with Crippen LogP contribution in [0, 0.1) is 0 Å². The Hall–Kier alpha value is -1.14. The normalized spacial score (nSPS) is 13.0. The quantitative estimate of drug-likeness (QED) is 0.603. The monoisotopic (exact) mass is 289 g/mol. The van der Waals surface area contributed by atoms with Crippen molar-refractivity contribution in [3.05, 3.63) is 0 Å². The summed E-state index contributed by atoms with van der Waals surface area (Å²) in [6, 6.07) is 0. The summed E-state index contributed by atoms with van der Waals surface area (Å²) < 4.78 is 10.4. The molecule has 0 saturated carbocycles. The molecule has 1 atom stereocenters. The van der Waals surface area contributed by atoms with Crippen molar-refractivity contribution >= 4 is 11.9 Å². The Bertz CT molecular complexity index is 304. The molecular formula is C14H27NO5. The van der Waals surface area contributed by atoms with Gasteiger partial charge in [-0.2, -0.15) is 0 Å². The number of carboxylic acids is 1. The minimum atomic E-state index is -1.09. The molecule has 2 N–H and O–H groups in total. The van der Waals surface area contributed by atoms with E-state index in [1.54, 1.807) is 0 Å². The second kappa shape index (κ2) is 9.72. The Morgan fingerprint density at radius 2 is 1.95 bits per heavy atom. The standard InChI is InChI=1S/C14H27NO5/c1-5-6-11(2)20-8-7-14(3,4)15-12(16)9-19-10-13(17)18/h11H,5-10H2,1-4H3,(H,15,16)(H,17,18). The van der Waals surface area contributed by atoms with Gasteiger partial charge in [0.05, 0.1) is 6.10 Å². The van der Waals surface area contributed by atoms with Crippen molar-refractivity contribution in [2.75, 3.05) is 19.8 Å². The van der Waals surface area contributed by atoms with Gasteiger partial charge in [-0.15, -0.1) is 0 Å². The van der Waals surface area contributed by atoms with E-state index in [9.17, 15) is 9.59 Å². The molecule has 118 valence electrons. The number of carbonyl (C=O) groups is 2. The molecule has 0 saturated heterocycles. The second-order valence-electron chi connectivity index (χ2n) is 5.54. The molecule has 0 heterocycles. The van der Waals surface area contributed by atoms with Gasteiger partial charge in [-0.3, -0.25) is 4.79 Å². The number of nitrogens with one attached hydrogen (secondary N) is 1. The zero-order chi connectivity index (χ0) is 15.6. The Morgan fingerprint density at radius 1 is 1.30 bits per heavy atom. The highest BCUT2D eigenvalue weighted by Crippen LogP contribution is 2.10. The van der Waals surface area contributed by atoms with Crippen molar-refractivity contribution < 1.29 is 24.2 Å². The second-order valence-corrected chi connectivity index (χ2v) is 5.54. The number of carbonyl (C=O) groups excluding carboxylic acids is 1. The number of aliphatic carboxylic acids is 1. The van der Waals surface area contributed by atoms with Crippen LogP contribution in [0.2, 0.25) is 0 Å². The Labute approximate surface area is 120 Å². The molecule has 0 fully saturated rings. The number of hydrogen-bond acceptors (Lipinski definition) is 4. The zero-order valence-electron chi connectivity index (χ0n) is 12.9. The van der Waals surface area contributed by atoms with Gasteiger partial charge >= 0.3 is 5.97 Å². The van der Waals surface area contributed by atoms with Gasteiger partial charge in [0.25, 0.3) is 0 Å². The van der Waals surface area contributed by atoms with Gasteiger partial charge < -0.3 is 19.9 Å². The molecule has 0 rings (SSSR count). The van der Waals surface area contributed by atoms with E-state index < -0.39 is 18.1 Å². The summed E-state index contributed by atoms with van der Waals surface area (Å²) in [4.78, 5) is 21.8. The van der Waals surface area contributed by atoms with Crippen molar-refractivity contribution in [1.82, 2.24) is 5.32 Å². The minimum absolute atomic E-state index is 0.227. The molecule has 0 radical (unpaired) electrons. The van der Waals surface area contributed by atoms with Crippen molar-refractivity contribution in [1.29, 1.82) is 0 Å². The zero-order valence-corrected chi connectivity index (χ0v) is 12.9.